The Kier molecular flexibility index (Phi) is 3.63. The molecule has 2 N–H and O–H groups in total. The summed E-state index contributed by atoms with van der Waals surface area (Å²) in [6, 6.07) is 1.96. The molecule has 1 aliphatic rings. The van der Waals surface area contributed by atoms with Crippen LogP contribution in [0.25, 0.3) is 0 Å². The van der Waals surface area contributed by atoms with Crippen molar-refractivity contribution in [2.24, 2.45) is 5.73 Å². The summed E-state index contributed by atoms with van der Waals surface area (Å²) >= 11 is 6.10. The Morgan fingerprint density at radius 1 is 1.38 bits per heavy atom. The van der Waals surface area contributed by atoms with E-state index < -0.39 is 0 Å². The molecule has 1 aliphatic heterocycles. The molecule has 2 rings (SSSR count). The molecule has 1 aromatic rings. The fourth-order valence-corrected chi connectivity index (χ4v) is 2.08. The zero-order valence-electron chi connectivity index (χ0n) is 9.49. The van der Waals surface area contributed by atoms with Gasteiger partial charge in [-0.3, -0.25) is 4.98 Å². The summed E-state index contributed by atoms with van der Waals surface area (Å²) < 4.78 is 0. The maximum atomic E-state index is 6.10. The van der Waals surface area contributed by atoms with Gasteiger partial charge in [0.25, 0.3) is 0 Å². The monoisotopic (exact) mass is 240 g/mol. The van der Waals surface area contributed by atoms with Crippen molar-refractivity contribution in [2.45, 2.75) is 6.54 Å². The molecule has 88 valence electrons. The molecular weight excluding hydrogens is 224 g/mol. The molecule has 16 heavy (non-hydrogen) atoms. The largest absolute Gasteiger partial charge is 0.368 e. The molecule has 0 unspecified atom stereocenters. The van der Waals surface area contributed by atoms with Crippen LogP contribution >= 0.6 is 11.6 Å². The normalized spacial score (nSPS) is 17.8. The first-order valence-corrected chi connectivity index (χ1v) is 5.86. The second kappa shape index (κ2) is 4.99. The number of anilines is 1. The second-order valence-corrected chi connectivity index (χ2v) is 4.52. The van der Waals surface area contributed by atoms with Crippen molar-refractivity contribution >= 4 is 17.3 Å². The Morgan fingerprint density at radius 2 is 2.06 bits per heavy atom. The SMILES string of the molecule is CN1CCN(c2cnc(CN)c(Cl)c2)CC1. The molecule has 2 heterocycles. The smallest absolute Gasteiger partial charge is 0.0726 e. The molecule has 0 amide bonds. The standard InChI is InChI=1S/C11H17ClN4/c1-15-2-4-16(5-3-15)9-6-10(12)11(7-13)14-8-9/h6,8H,2-5,7,13H2,1H3. The van der Waals surface area contributed by atoms with Crippen molar-refractivity contribution in [2.75, 3.05) is 38.1 Å². The fraction of sp³-hybridized carbons (Fsp3) is 0.545. The average molecular weight is 241 g/mol. The summed E-state index contributed by atoms with van der Waals surface area (Å²) in [6.07, 6.45) is 1.86. The highest BCUT2D eigenvalue weighted by molar-refractivity contribution is 6.31. The topological polar surface area (TPSA) is 45.4 Å². The van der Waals surface area contributed by atoms with Crippen LogP contribution in [0.5, 0.6) is 0 Å². The summed E-state index contributed by atoms with van der Waals surface area (Å²) in [4.78, 5) is 8.90. The van der Waals surface area contributed by atoms with Crippen LogP contribution in [0.2, 0.25) is 5.02 Å². The van der Waals surface area contributed by atoms with E-state index in [2.05, 4.69) is 21.8 Å². The van der Waals surface area contributed by atoms with Crippen LogP contribution in [0.3, 0.4) is 0 Å². The third-order valence-corrected chi connectivity index (χ3v) is 3.29. The van der Waals surface area contributed by atoms with E-state index in [1.54, 1.807) is 0 Å². The number of piperazine rings is 1. The molecular formula is C11H17ClN4. The van der Waals surface area contributed by atoms with Crippen LogP contribution in [0.15, 0.2) is 12.3 Å². The van der Waals surface area contributed by atoms with Crippen molar-refractivity contribution in [3.05, 3.63) is 23.0 Å². The molecule has 0 aliphatic carbocycles. The highest BCUT2D eigenvalue weighted by Gasteiger charge is 2.15. The predicted molar refractivity (Wildman–Crippen MR) is 66.8 cm³/mol. The number of nitrogens with two attached hydrogens (primary N) is 1. The third kappa shape index (κ3) is 2.45. The summed E-state index contributed by atoms with van der Waals surface area (Å²) in [5.41, 5.74) is 7.39. The lowest BCUT2D eigenvalue weighted by atomic mass is 10.2. The molecule has 0 radical (unpaired) electrons. The minimum absolute atomic E-state index is 0.391. The van der Waals surface area contributed by atoms with Gasteiger partial charge in [0.15, 0.2) is 0 Å². The van der Waals surface area contributed by atoms with Crippen molar-refractivity contribution in [3.63, 3.8) is 0 Å². The fourth-order valence-electron chi connectivity index (χ4n) is 1.84. The van der Waals surface area contributed by atoms with E-state index >= 15 is 0 Å². The van der Waals surface area contributed by atoms with Gasteiger partial charge in [-0.25, -0.2) is 0 Å². The number of hydrogen-bond acceptors (Lipinski definition) is 4. The number of aromatic nitrogens is 1. The lowest BCUT2D eigenvalue weighted by Gasteiger charge is -2.33. The maximum Gasteiger partial charge on any atom is 0.0726 e. The second-order valence-electron chi connectivity index (χ2n) is 4.12. The number of rotatable bonds is 2. The first-order chi connectivity index (χ1) is 7.70. The molecule has 1 fully saturated rings. The minimum Gasteiger partial charge on any atom is -0.368 e. The minimum atomic E-state index is 0.391. The summed E-state index contributed by atoms with van der Waals surface area (Å²) in [6.45, 7) is 4.60. The predicted octanol–water partition coefficient (Wildman–Crippen LogP) is 0.946. The van der Waals surface area contributed by atoms with Gasteiger partial charge in [0.1, 0.15) is 0 Å². The number of nitrogens with zero attached hydrogens (tertiary/aromatic N) is 3. The molecule has 0 saturated carbocycles. The quantitative estimate of drug-likeness (QED) is 0.836. The Hall–Kier alpha value is -0.840. The van der Waals surface area contributed by atoms with Crippen LogP contribution < -0.4 is 10.6 Å². The molecule has 0 spiro atoms. The van der Waals surface area contributed by atoms with Gasteiger partial charge in [0, 0.05) is 32.7 Å². The van der Waals surface area contributed by atoms with Crippen molar-refractivity contribution in [3.8, 4) is 0 Å². The zero-order chi connectivity index (χ0) is 11.5. The molecule has 4 nitrogen and oxygen atoms in total. The first-order valence-electron chi connectivity index (χ1n) is 5.48. The van der Waals surface area contributed by atoms with Gasteiger partial charge in [0.2, 0.25) is 0 Å². The van der Waals surface area contributed by atoms with E-state index in [0.29, 0.717) is 11.6 Å². The number of pyridine rings is 1. The van der Waals surface area contributed by atoms with Gasteiger partial charge in [-0.15, -0.1) is 0 Å². The summed E-state index contributed by atoms with van der Waals surface area (Å²) in [5, 5.41) is 0.666. The van der Waals surface area contributed by atoms with E-state index in [9.17, 15) is 0 Å². The van der Waals surface area contributed by atoms with Gasteiger partial charge < -0.3 is 15.5 Å². The van der Waals surface area contributed by atoms with E-state index in [0.717, 1.165) is 37.6 Å². The molecule has 0 aromatic carbocycles. The molecule has 1 saturated heterocycles. The lowest BCUT2D eigenvalue weighted by molar-refractivity contribution is 0.313. The first kappa shape index (κ1) is 11.6. The highest BCUT2D eigenvalue weighted by atomic mass is 35.5. The van der Waals surface area contributed by atoms with Gasteiger partial charge >= 0.3 is 0 Å². The van der Waals surface area contributed by atoms with Crippen LogP contribution in [0, 0.1) is 0 Å². The van der Waals surface area contributed by atoms with Gasteiger partial charge in [0.05, 0.1) is 22.6 Å². The Morgan fingerprint density at radius 3 is 2.62 bits per heavy atom. The Labute approximate surface area is 101 Å². The van der Waals surface area contributed by atoms with Gasteiger partial charge in [-0.1, -0.05) is 11.6 Å². The Balaban J connectivity index is 2.12. The molecule has 1 aromatic heterocycles. The summed E-state index contributed by atoms with van der Waals surface area (Å²) in [7, 11) is 2.14. The average Bonchev–Trinajstić information content (AvgIpc) is 2.30. The molecule has 0 bridgehead atoms. The maximum absolute atomic E-state index is 6.10. The van der Waals surface area contributed by atoms with E-state index in [1.807, 2.05) is 12.3 Å². The summed E-state index contributed by atoms with van der Waals surface area (Å²) in [5.74, 6) is 0. The van der Waals surface area contributed by atoms with Crippen molar-refractivity contribution < 1.29 is 0 Å². The van der Waals surface area contributed by atoms with Gasteiger partial charge in [-0.05, 0) is 13.1 Å². The number of likely N-dealkylation sites (N-methyl/N-ethyl adjacent to an activating group) is 1. The van der Waals surface area contributed by atoms with Crippen molar-refractivity contribution in [1.29, 1.82) is 0 Å². The van der Waals surface area contributed by atoms with Crippen LogP contribution in [0.4, 0.5) is 5.69 Å². The number of halogens is 1. The van der Waals surface area contributed by atoms with Crippen LogP contribution in [-0.2, 0) is 6.54 Å². The lowest BCUT2D eigenvalue weighted by Crippen LogP contribution is -2.44. The third-order valence-electron chi connectivity index (χ3n) is 2.96. The number of hydrogen-bond donors (Lipinski definition) is 1. The molecule has 5 heteroatoms. The highest BCUT2D eigenvalue weighted by Crippen LogP contribution is 2.22. The van der Waals surface area contributed by atoms with Crippen LogP contribution in [-0.4, -0.2) is 43.1 Å². The van der Waals surface area contributed by atoms with E-state index in [4.69, 9.17) is 17.3 Å². The molecule has 0 atom stereocenters. The van der Waals surface area contributed by atoms with E-state index in [1.165, 1.54) is 0 Å². The zero-order valence-corrected chi connectivity index (χ0v) is 10.2. The Bertz CT molecular complexity index is 361. The van der Waals surface area contributed by atoms with Crippen molar-refractivity contribution in [1.82, 2.24) is 9.88 Å². The van der Waals surface area contributed by atoms with E-state index in [-0.39, 0.29) is 0 Å². The van der Waals surface area contributed by atoms with Crippen LogP contribution in [0.1, 0.15) is 5.69 Å². The van der Waals surface area contributed by atoms with Gasteiger partial charge in [-0.2, -0.15) is 0 Å².